The molecule has 2 heterocycles. The highest BCUT2D eigenvalue weighted by atomic mass is 35.5. The second-order valence-electron chi connectivity index (χ2n) is 6.84. The number of benzene rings is 2. The highest BCUT2D eigenvalue weighted by molar-refractivity contribution is 6.30. The van der Waals surface area contributed by atoms with Crippen LogP contribution >= 0.6 is 11.6 Å². The van der Waals surface area contributed by atoms with Crippen molar-refractivity contribution in [3.63, 3.8) is 0 Å². The van der Waals surface area contributed by atoms with Crippen LogP contribution in [0.2, 0.25) is 5.02 Å². The fourth-order valence-corrected chi connectivity index (χ4v) is 3.70. The molecule has 0 spiro atoms. The molecule has 3 aromatic rings. The van der Waals surface area contributed by atoms with Gasteiger partial charge in [-0.3, -0.25) is 14.8 Å². The van der Waals surface area contributed by atoms with Crippen molar-refractivity contribution in [3.05, 3.63) is 86.3 Å². The van der Waals surface area contributed by atoms with E-state index in [1.807, 2.05) is 24.3 Å². The van der Waals surface area contributed by atoms with E-state index in [2.05, 4.69) is 10.00 Å². The fraction of sp³-hybridized carbons (Fsp3) is 0.250. The Hall–Kier alpha value is -2.51. The highest BCUT2D eigenvalue weighted by Crippen LogP contribution is 2.29. The summed E-state index contributed by atoms with van der Waals surface area (Å²) in [5.74, 6) is 0. The van der Waals surface area contributed by atoms with Crippen molar-refractivity contribution < 1.29 is 13.2 Å². The lowest BCUT2D eigenvalue weighted by molar-refractivity contribution is -0.137. The molecule has 0 saturated carbocycles. The first kappa shape index (κ1) is 18.8. The number of H-pyrrole nitrogens is 1. The van der Waals surface area contributed by atoms with Crippen LogP contribution in [-0.4, -0.2) is 21.2 Å². The van der Waals surface area contributed by atoms with Gasteiger partial charge in [0.25, 0.3) is 5.56 Å². The Kier molecular flexibility index (Phi) is 4.81. The normalized spacial score (nSPS) is 14.9. The summed E-state index contributed by atoms with van der Waals surface area (Å²) in [7, 11) is 0. The van der Waals surface area contributed by atoms with Gasteiger partial charge in [-0.25, -0.2) is 4.68 Å². The number of aromatic nitrogens is 2. The Morgan fingerprint density at radius 2 is 1.86 bits per heavy atom. The number of nitrogens with zero attached hydrogens (tertiary/aromatic N) is 2. The minimum absolute atomic E-state index is 0.211. The van der Waals surface area contributed by atoms with Crippen LogP contribution < -0.4 is 5.56 Å². The molecular formula is C20H17ClF3N3O. The standard InChI is InChI=1S/C20H17ClF3N3O/c21-15-3-1-2-13(10-15)11-26-9-8-17-18(12-26)25-27(19(17)28)16-6-4-14(5-7-16)20(22,23)24/h1-7,10,25H,8-9,11-12H2. The Morgan fingerprint density at radius 3 is 2.54 bits per heavy atom. The van der Waals surface area contributed by atoms with Crippen LogP contribution in [0.5, 0.6) is 0 Å². The maximum Gasteiger partial charge on any atom is 0.416 e. The predicted molar refractivity (Wildman–Crippen MR) is 101 cm³/mol. The van der Waals surface area contributed by atoms with Crippen LogP contribution in [0.4, 0.5) is 13.2 Å². The van der Waals surface area contributed by atoms with Crippen molar-refractivity contribution in [2.24, 2.45) is 0 Å². The quantitative estimate of drug-likeness (QED) is 0.699. The molecule has 0 radical (unpaired) electrons. The van der Waals surface area contributed by atoms with Crippen molar-refractivity contribution in [1.29, 1.82) is 0 Å². The molecule has 4 rings (SSSR count). The molecule has 1 aliphatic rings. The fourth-order valence-electron chi connectivity index (χ4n) is 3.49. The number of rotatable bonds is 3. The zero-order chi connectivity index (χ0) is 19.9. The Balaban J connectivity index is 1.56. The first-order valence-electron chi connectivity index (χ1n) is 8.78. The average Bonchev–Trinajstić information content (AvgIpc) is 2.97. The first-order chi connectivity index (χ1) is 13.3. The van der Waals surface area contributed by atoms with E-state index in [0.717, 1.165) is 29.9 Å². The van der Waals surface area contributed by atoms with Gasteiger partial charge in [-0.05, 0) is 48.4 Å². The Morgan fingerprint density at radius 1 is 1.11 bits per heavy atom. The van der Waals surface area contributed by atoms with E-state index in [9.17, 15) is 18.0 Å². The van der Waals surface area contributed by atoms with Crippen molar-refractivity contribution in [1.82, 2.24) is 14.7 Å². The molecule has 2 aromatic carbocycles. The van der Waals surface area contributed by atoms with Gasteiger partial charge in [-0.1, -0.05) is 23.7 Å². The zero-order valence-corrected chi connectivity index (χ0v) is 15.5. The van der Waals surface area contributed by atoms with Crippen molar-refractivity contribution >= 4 is 11.6 Å². The molecule has 4 nitrogen and oxygen atoms in total. The molecular weight excluding hydrogens is 391 g/mol. The van der Waals surface area contributed by atoms with E-state index in [-0.39, 0.29) is 5.56 Å². The number of halogens is 4. The van der Waals surface area contributed by atoms with Crippen molar-refractivity contribution in [2.75, 3.05) is 6.54 Å². The van der Waals surface area contributed by atoms with Crippen LogP contribution in [0.25, 0.3) is 5.69 Å². The summed E-state index contributed by atoms with van der Waals surface area (Å²) in [6.45, 7) is 1.98. The molecule has 1 aliphatic heterocycles. The molecule has 28 heavy (non-hydrogen) atoms. The second kappa shape index (κ2) is 7.14. The molecule has 1 aromatic heterocycles. The van der Waals surface area contributed by atoms with Crippen LogP contribution in [0.15, 0.2) is 53.3 Å². The first-order valence-corrected chi connectivity index (χ1v) is 9.16. The maximum absolute atomic E-state index is 12.7. The largest absolute Gasteiger partial charge is 0.416 e. The molecule has 0 unspecified atom stereocenters. The smallest absolute Gasteiger partial charge is 0.293 e. The van der Waals surface area contributed by atoms with Gasteiger partial charge in [0.2, 0.25) is 0 Å². The van der Waals surface area contributed by atoms with E-state index in [4.69, 9.17) is 11.6 Å². The van der Waals surface area contributed by atoms with Gasteiger partial charge in [-0.15, -0.1) is 0 Å². The van der Waals surface area contributed by atoms with Crippen molar-refractivity contribution in [3.8, 4) is 5.69 Å². The third kappa shape index (κ3) is 3.72. The number of nitrogens with one attached hydrogen (secondary N) is 1. The van der Waals surface area contributed by atoms with Gasteiger partial charge in [0, 0.05) is 30.2 Å². The van der Waals surface area contributed by atoms with Crippen LogP contribution in [-0.2, 0) is 25.7 Å². The lowest BCUT2D eigenvalue weighted by Gasteiger charge is -2.26. The van der Waals surface area contributed by atoms with Gasteiger partial charge in [0.15, 0.2) is 0 Å². The monoisotopic (exact) mass is 407 g/mol. The average molecular weight is 408 g/mol. The number of hydrogen-bond acceptors (Lipinski definition) is 2. The number of aromatic amines is 1. The molecule has 0 aliphatic carbocycles. The van der Waals surface area contributed by atoms with Gasteiger partial charge < -0.3 is 0 Å². The molecule has 1 N–H and O–H groups in total. The lowest BCUT2D eigenvalue weighted by atomic mass is 10.1. The van der Waals surface area contributed by atoms with E-state index >= 15 is 0 Å². The zero-order valence-electron chi connectivity index (χ0n) is 14.8. The van der Waals surface area contributed by atoms with E-state index in [0.29, 0.717) is 35.8 Å². The summed E-state index contributed by atoms with van der Waals surface area (Å²) in [6, 6.07) is 12.2. The number of hydrogen-bond donors (Lipinski definition) is 1. The number of alkyl halides is 3. The minimum Gasteiger partial charge on any atom is -0.293 e. The summed E-state index contributed by atoms with van der Waals surface area (Å²) >= 11 is 6.04. The van der Waals surface area contributed by atoms with Gasteiger partial charge >= 0.3 is 6.18 Å². The molecule has 0 atom stereocenters. The Bertz CT molecular complexity index is 1050. The summed E-state index contributed by atoms with van der Waals surface area (Å²) in [5, 5.41) is 3.74. The topological polar surface area (TPSA) is 41.0 Å². The van der Waals surface area contributed by atoms with E-state index in [1.165, 1.54) is 16.8 Å². The minimum atomic E-state index is -4.40. The summed E-state index contributed by atoms with van der Waals surface area (Å²) < 4.78 is 39.5. The summed E-state index contributed by atoms with van der Waals surface area (Å²) in [4.78, 5) is 14.9. The second-order valence-corrected chi connectivity index (χ2v) is 7.28. The maximum atomic E-state index is 12.7. The summed E-state index contributed by atoms with van der Waals surface area (Å²) in [6.07, 6.45) is -3.82. The SMILES string of the molecule is O=c1c2c([nH]n1-c1ccc(C(F)(F)F)cc1)CN(Cc1cccc(Cl)c1)CC2. The van der Waals surface area contributed by atoms with Crippen molar-refractivity contribution in [2.45, 2.75) is 25.7 Å². The highest BCUT2D eigenvalue weighted by Gasteiger charge is 2.30. The Labute approximate surface area is 164 Å². The van der Waals surface area contributed by atoms with Crippen LogP contribution in [0.1, 0.15) is 22.4 Å². The third-order valence-electron chi connectivity index (χ3n) is 4.88. The lowest BCUT2D eigenvalue weighted by Crippen LogP contribution is -2.31. The molecule has 146 valence electrons. The number of fused-ring (bicyclic) bond motifs is 1. The molecule has 0 saturated heterocycles. The van der Waals surface area contributed by atoms with Crippen LogP contribution in [0.3, 0.4) is 0 Å². The van der Waals surface area contributed by atoms with Gasteiger partial charge in [0.05, 0.1) is 16.9 Å². The molecule has 8 heteroatoms. The van der Waals surface area contributed by atoms with Gasteiger partial charge in [-0.2, -0.15) is 13.2 Å². The van der Waals surface area contributed by atoms with E-state index in [1.54, 1.807) is 0 Å². The van der Waals surface area contributed by atoms with Gasteiger partial charge in [0.1, 0.15) is 0 Å². The molecule has 0 fully saturated rings. The molecule has 0 amide bonds. The molecule has 0 bridgehead atoms. The third-order valence-corrected chi connectivity index (χ3v) is 5.12. The summed E-state index contributed by atoms with van der Waals surface area (Å²) in [5.41, 5.74) is 1.99. The van der Waals surface area contributed by atoms with Crippen LogP contribution in [0, 0.1) is 0 Å². The van der Waals surface area contributed by atoms with E-state index < -0.39 is 11.7 Å². The predicted octanol–water partition coefficient (Wildman–Crippen LogP) is 4.40.